The van der Waals surface area contributed by atoms with Gasteiger partial charge in [0.25, 0.3) is 5.91 Å². The fraction of sp³-hybridized carbons (Fsp3) is 0.240. The molecule has 0 radical (unpaired) electrons. The van der Waals surface area contributed by atoms with Crippen LogP contribution in [-0.2, 0) is 7.05 Å². The van der Waals surface area contributed by atoms with Crippen molar-refractivity contribution < 1.29 is 14.3 Å². The van der Waals surface area contributed by atoms with Gasteiger partial charge in [-0.2, -0.15) is 5.26 Å². The van der Waals surface area contributed by atoms with Gasteiger partial charge >= 0.3 is 0 Å². The zero-order valence-corrected chi connectivity index (χ0v) is 18.8. The molecule has 170 valence electrons. The van der Waals surface area contributed by atoms with Crippen molar-refractivity contribution in [2.75, 3.05) is 20.2 Å². The summed E-state index contributed by atoms with van der Waals surface area (Å²) in [6, 6.07) is 11.5. The van der Waals surface area contributed by atoms with Gasteiger partial charge in [0.05, 0.1) is 25.5 Å². The van der Waals surface area contributed by atoms with Crippen LogP contribution in [0.4, 0.5) is 0 Å². The third kappa shape index (κ3) is 4.01. The molecule has 1 atom stereocenters. The summed E-state index contributed by atoms with van der Waals surface area (Å²) in [5.41, 5.74) is 3.28. The number of hydrogen-bond acceptors (Lipinski definition) is 7. The molecule has 1 fully saturated rings. The van der Waals surface area contributed by atoms with E-state index >= 15 is 0 Å². The molecule has 0 saturated carbocycles. The number of hydrogen-bond donors (Lipinski definition) is 0. The van der Waals surface area contributed by atoms with Gasteiger partial charge in [-0.15, -0.1) is 0 Å². The van der Waals surface area contributed by atoms with Gasteiger partial charge in [-0.1, -0.05) is 0 Å². The van der Waals surface area contributed by atoms with Crippen LogP contribution >= 0.6 is 0 Å². The molecular weight excluding hydrogens is 432 g/mol. The summed E-state index contributed by atoms with van der Waals surface area (Å²) in [4.78, 5) is 27.3. The van der Waals surface area contributed by atoms with E-state index < -0.39 is 0 Å². The number of rotatable bonds is 5. The van der Waals surface area contributed by atoms with Crippen molar-refractivity contribution in [3.63, 3.8) is 0 Å². The Morgan fingerprint density at radius 1 is 1.21 bits per heavy atom. The summed E-state index contributed by atoms with van der Waals surface area (Å²) in [7, 11) is 3.33. The quantitative estimate of drug-likeness (QED) is 0.456. The molecule has 1 unspecified atom stereocenters. The molecule has 34 heavy (non-hydrogen) atoms. The molecular formula is C25H22N6O3. The highest BCUT2D eigenvalue weighted by Crippen LogP contribution is 2.32. The van der Waals surface area contributed by atoms with Crippen molar-refractivity contribution >= 4 is 16.8 Å². The number of aromatic nitrogens is 4. The zero-order valence-electron chi connectivity index (χ0n) is 18.8. The van der Waals surface area contributed by atoms with E-state index in [0.29, 0.717) is 36.0 Å². The number of carbonyl (C=O) groups excluding carboxylic acids is 1. The van der Waals surface area contributed by atoms with Gasteiger partial charge in [0.15, 0.2) is 0 Å². The van der Waals surface area contributed by atoms with Gasteiger partial charge in [0.1, 0.15) is 29.2 Å². The first-order valence-corrected chi connectivity index (χ1v) is 10.8. The average Bonchev–Trinajstić information content (AvgIpc) is 3.52. The third-order valence-corrected chi connectivity index (χ3v) is 5.85. The van der Waals surface area contributed by atoms with E-state index in [-0.39, 0.29) is 12.0 Å². The first kappa shape index (κ1) is 21.4. The lowest BCUT2D eigenvalue weighted by atomic mass is 10.0. The minimum atomic E-state index is -0.113. The molecule has 0 bridgehead atoms. The fourth-order valence-corrected chi connectivity index (χ4v) is 4.18. The molecule has 4 heterocycles. The standard InChI is InChI=1S/C25H22N6O3/c1-30-14-23(29-15-30)25(32)31-8-6-19(13-31)34-18-3-4-22-21(10-18)20(5-7-27-22)17-9-16(11-26)24(33-2)28-12-17/h3-5,7,9-10,12,14-15,19H,6,8,13H2,1-2H3. The molecule has 3 aromatic heterocycles. The van der Waals surface area contributed by atoms with Crippen LogP contribution in [0, 0.1) is 11.3 Å². The van der Waals surface area contributed by atoms with Crippen LogP contribution in [0.3, 0.4) is 0 Å². The second kappa shape index (κ2) is 8.83. The normalized spacial score (nSPS) is 15.3. The Morgan fingerprint density at radius 3 is 2.85 bits per heavy atom. The smallest absolute Gasteiger partial charge is 0.274 e. The Morgan fingerprint density at radius 2 is 2.09 bits per heavy atom. The van der Waals surface area contributed by atoms with Crippen LogP contribution in [0.2, 0.25) is 0 Å². The van der Waals surface area contributed by atoms with E-state index in [9.17, 15) is 10.1 Å². The number of imidazole rings is 1. The minimum Gasteiger partial charge on any atom is -0.488 e. The number of aryl methyl sites for hydroxylation is 1. The third-order valence-electron chi connectivity index (χ3n) is 5.85. The zero-order chi connectivity index (χ0) is 23.7. The largest absolute Gasteiger partial charge is 0.488 e. The number of carbonyl (C=O) groups is 1. The average molecular weight is 454 g/mol. The molecule has 1 saturated heterocycles. The highest BCUT2D eigenvalue weighted by atomic mass is 16.5. The van der Waals surface area contributed by atoms with Crippen molar-refractivity contribution in [1.29, 1.82) is 5.26 Å². The van der Waals surface area contributed by atoms with E-state index in [1.165, 1.54) is 7.11 Å². The van der Waals surface area contributed by atoms with Crippen molar-refractivity contribution in [1.82, 2.24) is 24.4 Å². The molecule has 4 aromatic rings. The number of benzene rings is 1. The van der Waals surface area contributed by atoms with Crippen molar-refractivity contribution in [3.8, 4) is 28.8 Å². The van der Waals surface area contributed by atoms with Crippen molar-refractivity contribution in [2.24, 2.45) is 7.05 Å². The molecule has 5 rings (SSSR count). The van der Waals surface area contributed by atoms with Crippen LogP contribution < -0.4 is 9.47 Å². The van der Waals surface area contributed by atoms with Crippen LogP contribution in [0.1, 0.15) is 22.5 Å². The second-order valence-corrected chi connectivity index (χ2v) is 8.13. The molecule has 0 N–H and O–H groups in total. The van der Waals surface area contributed by atoms with Crippen LogP contribution in [0.25, 0.3) is 22.0 Å². The predicted octanol–water partition coefficient (Wildman–Crippen LogP) is 3.20. The monoisotopic (exact) mass is 454 g/mol. The summed E-state index contributed by atoms with van der Waals surface area (Å²) >= 11 is 0. The summed E-state index contributed by atoms with van der Waals surface area (Å²) < 4.78 is 13.2. The Bertz CT molecular complexity index is 1420. The van der Waals surface area contributed by atoms with Gasteiger partial charge in [0.2, 0.25) is 5.88 Å². The molecule has 9 heteroatoms. The lowest BCUT2D eigenvalue weighted by Gasteiger charge is -2.17. The number of methoxy groups -OCH3 is 1. The first-order chi connectivity index (χ1) is 16.6. The van der Waals surface area contributed by atoms with Crippen molar-refractivity contribution in [2.45, 2.75) is 12.5 Å². The Kier molecular flexibility index (Phi) is 5.55. The number of nitriles is 1. The SMILES string of the molecule is COc1ncc(-c2ccnc3ccc(OC4CCN(C(=O)c5cn(C)cn5)C4)cc23)cc1C#N. The number of amides is 1. The van der Waals surface area contributed by atoms with E-state index in [1.54, 1.807) is 40.5 Å². The van der Waals surface area contributed by atoms with Crippen molar-refractivity contribution in [3.05, 3.63) is 66.5 Å². The van der Waals surface area contributed by atoms with E-state index in [2.05, 4.69) is 21.0 Å². The molecule has 1 aliphatic rings. The number of nitrogens with zero attached hydrogens (tertiary/aromatic N) is 6. The Labute approximate surface area is 196 Å². The summed E-state index contributed by atoms with van der Waals surface area (Å²) in [6.07, 6.45) is 7.38. The minimum absolute atomic E-state index is 0.0861. The maximum atomic E-state index is 12.7. The van der Waals surface area contributed by atoms with Crippen LogP contribution in [0.15, 0.2) is 55.2 Å². The number of likely N-dealkylation sites (tertiary alicyclic amines) is 1. The number of ether oxygens (including phenoxy) is 2. The summed E-state index contributed by atoms with van der Waals surface area (Å²) in [5.74, 6) is 0.900. The highest BCUT2D eigenvalue weighted by molar-refractivity contribution is 5.95. The van der Waals surface area contributed by atoms with Gasteiger partial charge in [-0.05, 0) is 35.9 Å². The maximum absolute atomic E-state index is 12.7. The van der Waals surface area contributed by atoms with Gasteiger partial charge in [-0.3, -0.25) is 9.78 Å². The Balaban J connectivity index is 1.39. The fourth-order valence-electron chi connectivity index (χ4n) is 4.18. The molecule has 0 aliphatic carbocycles. The van der Waals surface area contributed by atoms with E-state index in [1.807, 2.05) is 31.3 Å². The first-order valence-electron chi connectivity index (χ1n) is 10.8. The van der Waals surface area contributed by atoms with Crippen LogP contribution in [0.5, 0.6) is 11.6 Å². The van der Waals surface area contributed by atoms with Gasteiger partial charge < -0.3 is 18.9 Å². The van der Waals surface area contributed by atoms with Gasteiger partial charge in [0, 0.05) is 49.6 Å². The lowest BCUT2D eigenvalue weighted by molar-refractivity contribution is 0.0767. The summed E-state index contributed by atoms with van der Waals surface area (Å²) in [6.45, 7) is 1.12. The van der Waals surface area contributed by atoms with E-state index in [4.69, 9.17) is 9.47 Å². The van der Waals surface area contributed by atoms with Gasteiger partial charge in [-0.25, -0.2) is 9.97 Å². The molecule has 1 amide bonds. The molecule has 1 aromatic carbocycles. The lowest BCUT2D eigenvalue weighted by Crippen LogP contribution is -2.31. The molecule has 0 spiro atoms. The van der Waals surface area contributed by atoms with E-state index in [0.717, 1.165) is 28.5 Å². The molecule has 1 aliphatic heterocycles. The second-order valence-electron chi connectivity index (χ2n) is 8.13. The topological polar surface area (TPSA) is 106 Å². The predicted molar refractivity (Wildman–Crippen MR) is 124 cm³/mol. The maximum Gasteiger partial charge on any atom is 0.274 e. The summed E-state index contributed by atoms with van der Waals surface area (Å²) in [5, 5.41) is 10.3. The van der Waals surface area contributed by atoms with Crippen LogP contribution in [-0.4, -0.2) is 56.6 Å². The Hall–Kier alpha value is -4.45. The highest BCUT2D eigenvalue weighted by Gasteiger charge is 2.29. The molecule has 9 nitrogen and oxygen atoms in total. The number of fused-ring (bicyclic) bond motifs is 1. The number of pyridine rings is 2.